The number of alkyl halides is 3. The van der Waals surface area contributed by atoms with E-state index in [1.165, 1.54) is 0 Å². The van der Waals surface area contributed by atoms with Gasteiger partial charge in [-0.2, -0.15) is 13.2 Å². The number of carbonyl (C=O) groups excluding carboxylic acids is 1. The summed E-state index contributed by atoms with van der Waals surface area (Å²) in [5.74, 6) is -0.586. The molecule has 0 atom stereocenters. The van der Waals surface area contributed by atoms with Crippen molar-refractivity contribution < 1.29 is 23.0 Å². The van der Waals surface area contributed by atoms with Gasteiger partial charge in [0.25, 0.3) is 0 Å². The van der Waals surface area contributed by atoms with Gasteiger partial charge in [-0.1, -0.05) is 55.0 Å². The van der Waals surface area contributed by atoms with E-state index in [-0.39, 0.29) is 0 Å². The zero-order valence-corrected chi connectivity index (χ0v) is 20.1. The van der Waals surface area contributed by atoms with Crippen LogP contribution in [0, 0.1) is 0 Å². The van der Waals surface area contributed by atoms with E-state index >= 15 is 0 Å². The number of rotatable bonds is 9. The van der Waals surface area contributed by atoms with E-state index in [9.17, 15) is 23.0 Å². The predicted molar refractivity (Wildman–Crippen MR) is 132 cm³/mol. The molecule has 1 fully saturated rings. The van der Waals surface area contributed by atoms with Crippen LogP contribution in [0.1, 0.15) is 43.2 Å². The summed E-state index contributed by atoms with van der Waals surface area (Å²) in [7, 11) is -0.511. The normalized spacial score (nSPS) is 17.6. The zero-order valence-electron chi connectivity index (χ0n) is 20.1. The van der Waals surface area contributed by atoms with Crippen LogP contribution >= 0.6 is 0 Å². The Morgan fingerprint density at radius 1 is 1.06 bits per heavy atom. The highest BCUT2D eigenvalue weighted by molar-refractivity contribution is 6.45. The topological polar surface area (TPSA) is 64.6 Å². The van der Waals surface area contributed by atoms with Gasteiger partial charge in [-0.25, -0.2) is 0 Å². The molecule has 0 bridgehead atoms. The lowest BCUT2D eigenvalue weighted by molar-refractivity contribution is -0.141. The monoisotopic (exact) mass is 487 g/mol. The second-order valence-corrected chi connectivity index (χ2v) is 9.71. The maximum atomic E-state index is 13.5. The van der Waals surface area contributed by atoms with Gasteiger partial charge in [0.15, 0.2) is 0 Å². The van der Waals surface area contributed by atoms with Crippen LogP contribution in [0.2, 0.25) is 6.82 Å². The maximum Gasteiger partial charge on any atom is 0.405 e. The molecule has 3 N–H and O–H groups in total. The lowest BCUT2D eigenvalue weighted by Gasteiger charge is -2.34. The van der Waals surface area contributed by atoms with E-state index in [1.807, 2.05) is 48.5 Å². The van der Waals surface area contributed by atoms with Gasteiger partial charge in [-0.3, -0.25) is 4.79 Å². The third kappa shape index (κ3) is 5.73. The van der Waals surface area contributed by atoms with Gasteiger partial charge >= 0.3 is 13.2 Å². The Morgan fingerprint density at radius 2 is 1.63 bits per heavy atom. The highest BCUT2D eigenvalue weighted by Crippen LogP contribution is 2.51. The molecule has 1 saturated heterocycles. The lowest BCUT2D eigenvalue weighted by Crippen LogP contribution is -2.47. The number of hydrogen-bond donors (Lipinski definition) is 3. The first-order chi connectivity index (χ1) is 16.7. The molecule has 1 amide bonds. The number of nitrogens with zero attached hydrogens (tertiary/aromatic N) is 1. The molecule has 1 aliphatic carbocycles. The molecule has 0 spiro atoms. The van der Waals surface area contributed by atoms with E-state index in [4.69, 9.17) is 0 Å². The second-order valence-electron chi connectivity index (χ2n) is 9.71. The Bertz CT molecular complexity index is 977. The van der Waals surface area contributed by atoms with E-state index < -0.39 is 31.1 Å². The molecular weight excluding hydrogens is 454 g/mol. The summed E-state index contributed by atoms with van der Waals surface area (Å²) in [6.07, 6.45) is -0.514. The fraction of sp³-hybridized carbons (Fsp3) is 0.500. The van der Waals surface area contributed by atoms with Crippen molar-refractivity contribution in [2.24, 2.45) is 0 Å². The number of piperidine rings is 1. The van der Waals surface area contributed by atoms with Crippen LogP contribution in [0.25, 0.3) is 11.1 Å². The highest BCUT2D eigenvalue weighted by atomic mass is 19.4. The van der Waals surface area contributed by atoms with Crippen LogP contribution in [0.5, 0.6) is 0 Å². The molecule has 0 aromatic heterocycles. The Hall–Kier alpha value is -2.36. The van der Waals surface area contributed by atoms with E-state index in [2.05, 4.69) is 15.4 Å². The molecule has 2 aromatic rings. The van der Waals surface area contributed by atoms with Crippen LogP contribution in [-0.2, 0) is 10.2 Å². The minimum Gasteiger partial charge on any atom is -0.437 e. The van der Waals surface area contributed by atoms with E-state index in [0.29, 0.717) is 18.9 Å². The summed E-state index contributed by atoms with van der Waals surface area (Å²) in [4.78, 5) is 15.9. The number of amides is 1. The molecule has 2 aromatic carbocycles. The van der Waals surface area contributed by atoms with Gasteiger partial charge in [-0.05, 0) is 74.4 Å². The van der Waals surface area contributed by atoms with Gasteiger partial charge in [0, 0.05) is 6.04 Å². The molecule has 9 heteroatoms. The van der Waals surface area contributed by atoms with Crippen molar-refractivity contribution in [3.8, 4) is 11.1 Å². The third-order valence-corrected chi connectivity index (χ3v) is 7.24. The second kappa shape index (κ2) is 10.7. The zero-order chi connectivity index (χ0) is 25.1. The minimum absolute atomic E-state index is 0.318. The number of unbranched alkanes of at least 4 members (excludes halogenated alkanes) is 1. The average Bonchev–Trinajstić information content (AvgIpc) is 3.11. The van der Waals surface area contributed by atoms with Crippen LogP contribution in [0.3, 0.4) is 0 Å². The number of nitrogens with one attached hydrogen (secondary N) is 2. The quantitative estimate of drug-likeness (QED) is 0.370. The summed E-state index contributed by atoms with van der Waals surface area (Å²) in [5.41, 5.74) is 2.26. The number of fused-ring (bicyclic) bond motifs is 3. The number of carbonyl (C=O) groups is 1. The van der Waals surface area contributed by atoms with Crippen LogP contribution < -0.4 is 10.5 Å². The van der Waals surface area contributed by atoms with Crippen molar-refractivity contribution in [3.63, 3.8) is 0 Å². The molecule has 35 heavy (non-hydrogen) atoms. The smallest absolute Gasteiger partial charge is 0.405 e. The minimum atomic E-state index is -4.47. The average molecular weight is 487 g/mol. The summed E-state index contributed by atoms with van der Waals surface area (Å²) in [5, 5.41) is 14.9. The van der Waals surface area contributed by atoms with Gasteiger partial charge in [0.2, 0.25) is 5.91 Å². The molecule has 2 aliphatic rings. The largest absolute Gasteiger partial charge is 0.437 e. The molecule has 0 radical (unpaired) electrons. The molecule has 1 aliphatic heterocycles. The summed E-state index contributed by atoms with van der Waals surface area (Å²) in [6.45, 7) is 3.14. The van der Waals surface area contributed by atoms with Crippen LogP contribution in [-0.4, -0.2) is 61.3 Å². The van der Waals surface area contributed by atoms with Gasteiger partial charge in [0.1, 0.15) is 12.0 Å². The first-order valence-corrected chi connectivity index (χ1v) is 12.4. The Kier molecular flexibility index (Phi) is 7.88. The van der Waals surface area contributed by atoms with Crippen LogP contribution in [0.15, 0.2) is 48.5 Å². The number of benzene rings is 2. The molecule has 1 heterocycles. The Morgan fingerprint density at radius 3 is 2.17 bits per heavy atom. The third-order valence-electron chi connectivity index (χ3n) is 7.24. The maximum absolute atomic E-state index is 13.5. The fourth-order valence-electron chi connectivity index (χ4n) is 5.67. The van der Waals surface area contributed by atoms with Crippen molar-refractivity contribution in [2.75, 3.05) is 26.2 Å². The Labute approximate surface area is 205 Å². The summed E-state index contributed by atoms with van der Waals surface area (Å²) < 4.78 is 39.0. The molecular formula is C26H33BF3N3O2. The summed E-state index contributed by atoms with van der Waals surface area (Å²) >= 11 is 0. The van der Waals surface area contributed by atoms with Crippen LogP contribution in [0.4, 0.5) is 13.2 Å². The number of likely N-dealkylation sites (tertiary alicyclic amines) is 1. The number of hydrogen-bond acceptors (Lipinski definition) is 4. The molecule has 188 valence electrons. The van der Waals surface area contributed by atoms with Gasteiger partial charge < -0.3 is 20.5 Å². The standard InChI is InChI=1S/C26H33BF3N3O2/c1-27(35)32-19-12-16-33(17-13-19)15-7-6-14-25(24(34)31-18-26(28,29)30)22-10-4-2-8-20(22)21-9-3-5-11-23(21)25/h2-5,8-11,19,32,35H,6-7,12-18H2,1H3,(H,31,34). The van der Waals surface area contributed by atoms with E-state index in [0.717, 1.165) is 61.2 Å². The lowest BCUT2D eigenvalue weighted by atomic mass is 9.73. The van der Waals surface area contributed by atoms with Gasteiger partial charge in [0.05, 0.1) is 0 Å². The molecule has 0 saturated carbocycles. The SMILES string of the molecule is CB(O)NC1CCN(CCCCC2(C(=O)NCC(F)(F)F)c3ccccc3-c3ccccc32)CC1. The summed E-state index contributed by atoms with van der Waals surface area (Å²) in [6, 6.07) is 15.5. The van der Waals surface area contributed by atoms with Crippen molar-refractivity contribution in [3.05, 3.63) is 59.7 Å². The fourth-order valence-corrected chi connectivity index (χ4v) is 5.67. The van der Waals surface area contributed by atoms with Crippen molar-refractivity contribution in [1.82, 2.24) is 15.4 Å². The number of halogens is 3. The Balaban J connectivity index is 1.48. The van der Waals surface area contributed by atoms with Crippen molar-refractivity contribution in [2.45, 2.75) is 56.6 Å². The van der Waals surface area contributed by atoms with Crippen molar-refractivity contribution in [1.29, 1.82) is 0 Å². The predicted octanol–water partition coefficient (Wildman–Crippen LogP) is 3.97. The van der Waals surface area contributed by atoms with E-state index in [1.54, 1.807) is 6.82 Å². The van der Waals surface area contributed by atoms with Gasteiger partial charge in [-0.15, -0.1) is 0 Å². The first-order valence-electron chi connectivity index (χ1n) is 12.4. The first kappa shape index (κ1) is 25.7. The molecule has 4 rings (SSSR count). The molecule has 0 unspecified atom stereocenters. The van der Waals surface area contributed by atoms with Crippen molar-refractivity contribution >= 4 is 13.0 Å². The highest BCUT2D eigenvalue weighted by Gasteiger charge is 2.49. The molecule has 5 nitrogen and oxygen atoms in total.